The lowest BCUT2D eigenvalue weighted by Crippen LogP contribution is -2.42. The van der Waals surface area contributed by atoms with Crippen LogP contribution in [-0.4, -0.2) is 54.9 Å². The second-order valence-electron chi connectivity index (χ2n) is 7.34. The summed E-state index contributed by atoms with van der Waals surface area (Å²) in [5, 5.41) is 10.8. The highest BCUT2D eigenvalue weighted by atomic mass is 35.5. The number of aromatic nitrogens is 1. The summed E-state index contributed by atoms with van der Waals surface area (Å²) in [4.78, 5) is 15.1. The number of carbonyl (C=O) groups is 1. The Labute approximate surface area is 189 Å². The minimum Gasteiger partial charge on any atom is -0.394 e. The fourth-order valence-corrected chi connectivity index (χ4v) is 4.00. The van der Waals surface area contributed by atoms with E-state index < -0.39 is 17.8 Å². The maximum absolute atomic E-state index is 14.2. The van der Waals surface area contributed by atoms with Crippen LogP contribution in [0.15, 0.2) is 36.0 Å². The summed E-state index contributed by atoms with van der Waals surface area (Å²) in [5.74, 6) is -0.509. The lowest BCUT2D eigenvalue weighted by molar-refractivity contribution is -0.143. The van der Waals surface area contributed by atoms with Gasteiger partial charge in [-0.2, -0.15) is 13.2 Å². The zero-order valence-corrected chi connectivity index (χ0v) is 18.5. The van der Waals surface area contributed by atoms with E-state index in [-0.39, 0.29) is 42.0 Å². The van der Waals surface area contributed by atoms with Gasteiger partial charge in [0.15, 0.2) is 0 Å². The number of benzene rings is 1. The molecule has 0 atom stereocenters. The Morgan fingerprint density at radius 3 is 2.41 bits per heavy atom. The van der Waals surface area contributed by atoms with Gasteiger partial charge < -0.3 is 24.9 Å². The van der Waals surface area contributed by atoms with E-state index in [1.54, 1.807) is 31.3 Å². The van der Waals surface area contributed by atoms with Crippen molar-refractivity contribution in [2.45, 2.75) is 19.6 Å². The lowest BCUT2D eigenvalue weighted by atomic mass is 10.00. The number of carbonyl (C=O) groups excluding carboxylic acids is 1. The molecule has 1 saturated heterocycles. The third-order valence-corrected chi connectivity index (χ3v) is 5.52. The molecule has 0 saturated carbocycles. The number of hydrogen-bond acceptors (Lipinski definition) is 4. The fourth-order valence-electron chi connectivity index (χ4n) is 3.88. The maximum atomic E-state index is 14.2. The lowest BCUT2D eigenvalue weighted by Gasteiger charge is -2.28. The molecule has 2 N–H and O–H groups in total. The molecule has 1 amide bonds. The summed E-state index contributed by atoms with van der Waals surface area (Å²) in [5.41, 5.74) is -0.0799. The van der Waals surface area contributed by atoms with Crippen molar-refractivity contribution in [3.8, 4) is 11.1 Å². The predicted octanol–water partition coefficient (Wildman–Crippen LogP) is 4.36. The third-order valence-electron chi connectivity index (χ3n) is 5.26. The first-order valence-corrected chi connectivity index (χ1v) is 10.4. The van der Waals surface area contributed by atoms with Crippen LogP contribution in [0.1, 0.15) is 21.7 Å². The number of morpholine rings is 1. The Morgan fingerprint density at radius 2 is 1.88 bits per heavy atom. The fraction of sp³-hybridized carbons (Fsp3) is 0.364. The molecule has 0 bridgehead atoms. The largest absolute Gasteiger partial charge is 0.431 e. The smallest absolute Gasteiger partial charge is 0.394 e. The molecule has 10 heteroatoms. The van der Waals surface area contributed by atoms with Crippen LogP contribution in [-0.2, 0) is 17.5 Å². The van der Waals surface area contributed by atoms with Gasteiger partial charge in [0.2, 0.25) is 0 Å². The molecule has 1 aromatic carbocycles. The van der Waals surface area contributed by atoms with Gasteiger partial charge in [0.05, 0.1) is 19.8 Å². The predicted molar refractivity (Wildman–Crippen MR) is 117 cm³/mol. The molecule has 0 radical (unpaired) electrons. The van der Waals surface area contributed by atoms with Gasteiger partial charge in [-0.15, -0.1) is 0 Å². The molecule has 0 unspecified atom stereocenters. The van der Waals surface area contributed by atoms with Crippen LogP contribution in [0.2, 0.25) is 5.02 Å². The SMILES string of the molecule is CN/C=C(\C=N)Cn1c(C(=O)N2CCOCC2)c(-c2ccc(Cl)cc2)c(C)c1C(F)(F)F. The van der Waals surface area contributed by atoms with Gasteiger partial charge in [0.25, 0.3) is 5.91 Å². The molecule has 32 heavy (non-hydrogen) atoms. The van der Waals surface area contributed by atoms with Crippen molar-refractivity contribution in [1.29, 1.82) is 5.41 Å². The summed E-state index contributed by atoms with van der Waals surface area (Å²) >= 11 is 5.98. The number of ether oxygens (including phenoxy) is 1. The van der Waals surface area contributed by atoms with E-state index in [1.165, 1.54) is 18.0 Å². The number of hydrogen-bond donors (Lipinski definition) is 2. The van der Waals surface area contributed by atoms with Gasteiger partial charge in [-0.3, -0.25) is 4.79 Å². The number of amides is 1. The Kier molecular flexibility index (Phi) is 7.30. The summed E-state index contributed by atoms with van der Waals surface area (Å²) in [6.45, 7) is 2.28. The minimum absolute atomic E-state index is 0.0507. The van der Waals surface area contributed by atoms with E-state index in [9.17, 15) is 18.0 Å². The van der Waals surface area contributed by atoms with Gasteiger partial charge in [0.1, 0.15) is 11.4 Å². The monoisotopic (exact) mass is 468 g/mol. The Morgan fingerprint density at radius 1 is 1.25 bits per heavy atom. The first-order chi connectivity index (χ1) is 15.2. The number of nitrogens with zero attached hydrogens (tertiary/aromatic N) is 2. The normalized spacial score (nSPS) is 15.1. The molecule has 1 aromatic heterocycles. The molecule has 1 aliphatic rings. The van der Waals surface area contributed by atoms with Gasteiger partial charge in [-0.25, -0.2) is 0 Å². The highest BCUT2D eigenvalue weighted by molar-refractivity contribution is 6.30. The summed E-state index contributed by atoms with van der Waals surface area (Å²) < 4.78 is 49.0. The average Bonchev–Trinajstić information content (AvgIpc) is 3.06. The maximum Gasteiger partial charge on any atom is 0.431 e. The van der Waals surface area contributed by atoms with Gasteiger partial charge in [0, 0.05) is 48.7 Å². The molecule has 1 fully saturated rings. The second-order valence-corrected chi connectivity index (χ2v) is 7.78. The van der Waals surface area contributed by atoms with E-state index in [4.69, 9.17) is 21.7 Å². The van der Waals surface area contributed by atoms with Crippen LogP contribution >= 0.6 is 11.6 Å². The van der Waals surface area contributed by atoms with Crippen LogP contribution in [0.5, 0.6) is 0 Å². The third kappa shape index (κ3) is 4.83. The van der Waals surface area contributed by atoms with Gasteiger partial charge >= 0.3 is 6.18 Å². The summed E-state index contributed by atoms with van der Waals surface area (Å²) in [7, 11) is 1.59. The summed E-state index contributed by atoms with van der Waals surface area (Å²) in [6.07, 6.45) is -2.30. The van der Waals surface area contributed by atoms with E-state index in [0.29, 0.717) is 23.8 Å². The molecule has 2 heterocycles. The Hall–Kier alpha value is -2.78. The van der Waals surface area contributed by atoms with Crippen molar-refractivity contribution in [1.82, 2.24) is 14.8 Å². The number of rotatable bonds is 6. The Balaban J connectivity index is 2.31. The van der Waals surface area contributed by atoms with Crippen molar-refractivity contribution in [2.75, 3.05) is 33.4 Å². The number of halogens is 4. The van der Waals surface area contributed by atoms with Crippen LogP contribution in [0, 0.1) is 12.3 Å². The minimum atomic E-state index is -4.71. The van der Waals surface area contributed by atoms with Crippen LogP contribution in [0.4, 0.5) is 13.2 Å². The van der Waals surface area contributed by atoms with Crippen molar-refractivity contribution in [3.05, 3.63) is 58.0 Å². The van der Waals surface area contributed by atoms with Crippen molar-refractivity contribution >= 4 is 23.7 Å². The molecule has 0 aliphatic carbocycles. The van der Waals surface area contributed by atoms with E-state index in [0.717, 1.165) is 10.8 Å². The van der Waals surface area contributed by atoms with Crippen molar-refractivity contribution < 1.29 is 22.7 Å². The first-order valence-electron chi connectivity index (χ1n) is 9.99. The first kappa shape index (κ1) is 23.9. The molecular weight excluding hydrogens is 445 g/mol. The molecule has 3 rings (SSSR count). The van der Waals surface area contributed by atoms with Crippen molar-refractivity contribution in [2.24, 2.45) is 0 Å². The van der Waals surface area contributed by atoms with Gasteiger partial charge in [-0.05, 0) is 30.2 Å². The van der Waals surface area contributed by atoms with E-state index in [1.807, 2.05) is 0 Å². The van der Waals surface area contributed by atoms with E-state index >= 15 is 0 Å². The zero-order valence-electron chi connectivity index (χ0n) is 17.7. The van der Waals surface area contributed by atoms with Crippen molar-refractivity contribution in [3.63, 3.8) is 0 Å². The van der Waals surface area contributed by atoms with E-state index in [2.05, 4.69) is 5.32 Å². The average molecular weight is 469 g/mol. The number of nitrogens with one attached hydrogen (secondary N) is 2. The molecule has 2 aromatic rings. The molecule has 1 aliphatic heterocycles. The number of alkyl halides is 3. The van der Waals surface area contributed by atoms with Crippen LogP contribution < -0.4 is 5.32 Å². The quantitative estimate of drug-likeness (QED) is 0.619. The van der Waals surface area contributed by atoms with Crippen LogP contribution in [0.25, 0.3) is 11.1 Å². The second kappa shape index (κ2) is 9.79. The number of allylic oxidation sites excluding steroid dienone is 1. The van der Waals surface area contributed by atoms with Crippen LogP contribution in [0.3, 0.4) is 0 Å². The highest BCUT2D eigenvalue weighted by Crippen LogP contribution is 2.42. The van der Waals surface area contributed by atoms with Gasteiger partial charge in [-0.1, -0.05) is 23.7 Å². The highest BCUT2D eigenvalue weighted by Gasteiger charge is 2.42. The molecule has 172 valence electrons. The zero-order chi connectivity index (χ0) is 23.5. The standard InChI is InChI=1S/C22H24ClF3N4O2/c1-14-18(16-3-5-17(23)6-4-16)19(21(31)29-7-9-32-10-8-29)30(20(14)22(24,25)26)13-15(11-27)12-28-2/h3-6,11-12,27-28H,7-10,13H2,1-2H3/b15-12+,27-11?. The topological polar surface area (TPSA) is 70.4 Å². The molecule has 6 nitrogen and oxygen atoms in total. The molecular formula is C22H24ClF3N4O2. The molecule has 0 spiro atoms. The summed E-state index contributed by atoms with van der Waals surface area (Å²) in [6, 6.07) is 6.36. The Bertz CT molecular complexity index is 1020.